The van der Waals surface area contributed by atoms with Crippen molar-refractivity contribution in [2.45, 2.75) is 20.3 Å². The highest BCUT2D eigenvalue weighted by Gasteiger charge is 2.15. The van der Waals surface area contributed by atoms with Crippen LogP contribution in [-0.2, 0) is 4.74 Å². The average molecular weight is 269 g/mol. The highest BCUT2D eigenvalue weighted by atomic mass is 19.1. The fourth-order valence-corrected chi connectivity index (χ4v) is 1.48. The Kier molecular flexibility index (Phi) is 6.29. The molecule has 0 fully saturated rings. The van der Waals surface area contributed by atoms with Crippen LogP contribution in [0.3, 0.4) is 0 Å². The van der Waals surface area contributed by atoms with Crippen molar-refractivity contribution >= 4 is 5.91 Å². The zero-order valence-electron chi connectivity index (χ0n) is 11.3. The van der Waals surface area contributed by atoms with Crippen molar-refractivity contribution in [3.8, 4) is 5.75 Å². The van der Waals surface area contributed by atoms with Gasteiger partial charge in [-0.2, -0.15) is 0 Å². The standard InChI is InChI=1S/C14H20FNO3/c1-10(2)6-8-19-9-7-16-14(18)13-11(15)4-3-5-12(13)17/h3-5,10,17H,6-9H2,1-2H3,(H,16,18). The minimum Gasteiger partial charge on any atom is -0.507 e. The summed E-state index contributed by atoms with van der Waals surface area (Å²) < 4.78 is 18.7. The SMILES string of the molecule is CC(C)CCOCCNC(=O)c1c(O)cccc1F. The Morgan fingerprint density at radius 1 is 1.42 bits per heavy atom. The third-order valence-corrected chi connectivity index (χ3v) is 2.59. The number of amides is 1. The third-order valence-electron chi connectivity index (χ3n) is 2.59. The fraction of sp³-hybridized carbons (Fsp3) is 0.500. The lowest BCUT2D eigenvalue weighted by atomic mass is 10.1. The first-order valence-corrected chi connectivity index (χ1v) is 6.35. The number of phenols is 1. The summed E-state index contributed by atoms with van der Waals surface area (Å²) in [7, 11) is 0. The lowest BCUT2D eigenvalue weighted by molar-refractivity contribution is 0.0899. The Balaban J connectivity index is 2.32. The normalized spacial score (nSPS) is 10.7. The first kappa shape index (κ1) is 15.4. The van der Waals surface area contributed by atoms with E-state index in [0.717, 1.165) is 12.5 Å². The minimum absolute atomic E-state index is 0.282. The van der Waals surface area contributed by atoms with Gasteiger partial charge in [-0.3, -0.25) is 4.79 Å². The number of halogens is 1. The molecule has 19 heavy (non-hydrogen) atoms. The van der Waals surface area contributed by atoms with Gasteiger partial charge in [0.25, 0.3) is 5.91 Å². The molecule has 1 rings (SSSR count). The monoisotopic (exact) mass is 269 g/mol. The molecule has 5 heteroatoms. The van der Waals surface area contributed by atoms with Gasteiger partial charge < -0.3 is 15.2 Å². The largest absolute Gasteiger partial charge is 0.507 e. The minimum atomic E-state index is -0.738. The molecule has 0 aliphatic heterocycles. The van der Waals surface area contributed by atoms with E-state index in [1.54, 1.807) is 0 Å². The van der Waals surface area contributed by atoms with Crippen molar-refractivity contribution in [3.05, 3.63) is 29.6 Å². The van der Waals surface area contributed by atoms with Gasteiger partial charge in [0.05, 0.1) is 6.61 Å². The number of ether oxygens (including phenoxy) is 1. The van der Waals surface area contributed by atoms with Crippen LogP contribution in [0, 0.1) is 11.7 Å². The first-order chi connectivity index (χ1) is 9.02. The quantitative estimate of drug-likeness (QED) is 0.747. The summed E-state index contributed by atoms with van der Waals surface area (Å²) in [6.45, 7) is 5.50. The molecule has 0 atom stereocenters. The highest BCUT2D eigenvalue weighted by Crippen LogP contribution is 2.19. The molecular formula is C14H20FNO3. The number of aromatic hydroxyl groups is 1. The molecule has 2 N–H and O–H groups in total. The van der Waals surface area contributed by atoms with E-state index in [1.165, 1.54) is 12.1 Å². The van der Waals surface area contributed by atoms with E-state index in [1.807, 2.05) is 0 Å². The summed E-state index contributed by atoms with van der Waals surface area (Å²) >= 11 is 0. The number of benzene rings is 1. The van der Waals surface area contributed by atoms with Gasteiger partial charge in [0.1, 0.15) is 17.1 Å². The number of hydrogen-bond acceptors (Lipinski definition) is 3. The summed E-state index contributed by atoms with van der Waals surface area (Å²) in [5, 5.41) is 11.9. The van der Waals surface area contributed by atoms with Gasteiger partial charge in [0.2, 0.25) is 0 Å². The molecule has 0 heterocycles. The topological polar surface area (TPSA) is 58.6 Å². The molecule has 0 aromatic heterocycles. The Labute approximate surface area is 112 Å². The van der Waals surface area contributed by atoms with E-state index in [-0.39, 0.29) is 17.9 Å². The van der Waals surface area contributed by atoms with Crippen LogP contribution >= 0.6 is 0 Å². The molecule has 106 valence electrons. The molecule has 0 aliphatic carbocycles. The van der Waals surface area contributed by atoms with Crippen LogP contribution in [0.2, 0.25) is 0 Å². The van der Waals surface area contributed by atoms with Gasteiger partial charge in [0, 0.05) is 13.2 Å². The smallest absolute Gasteiger partial charge is 0.258 e. The van der Waals surface area contributed by atoms with Crippen molar-refractivity contribution < 1.29 is 19.0 Å². The number of phenolic OH excluding ortho intramolecular Hbond substituents is 1. The zero-order valence-corrected chi connectivity index (χ0v) is 11.3. The predicted molar refractivity (Wildman–Crippen MR) is 70.7 cm³/mol. The second kappa shape index (κ2) is 7.74. The number of carbonyl (C=O) groups excluding carboxylic acids is 1. The van der Waals surface area contributed by atoms with Crippen LogP contribution in [0.25, 0.3) is 0 Å². The van der Waals surface area contributed by atoms with E-state index in [4.69, 9.17) is 4.74 Å². The Hall–Kier alpha value is -1.62. The van der Waals surface area contributed by atoms with Crippen LogP contribution in [-0.4, -0.2) is 30.8 Å². The molecule has 4 nitrogen and oxygen atoms in total. The molecule has 0 spiro atoms. The van der Waals surface area contributed by atoms with E-state index < -0.39 is 11.7 Å². The van der Waals surface area contributed by atoms with Crippen LogP contribution in [0.4, 0.5) is 4.39 Å². The third kappa shape index (κ3) is 5.26. The van der Waals surface area contributed by atoms with Crippen molar-refractivity contribution in [2.24, 2.45) is 5.92 Å². The van der Waals surface area contributed by atoms with Crippen LogP contribution < -0.4 is 5.32 Å². The lowest BCUT2D eigenvalue weighted by Gasteiger charge is -2.09. The van der Waals surface area contributed by atoms with Gasteiger partial charge in [-0.05, 0) is 24.5 Å². The van der Waals surface area contributed by atoms with Crippen molar-refractivity contribution in [2.75, 3.05) is 19.8 Å². The summed E-state index contributed by atoms with van der Waals surface area (Å²) in [4.78, 5) is 11.7. The van der Waals surface area contributed by atoms with Gasteiger partial charge in [-0.1, -0.05) is 19.9 Å². The van der Waals surface area contributed by atoms with Crippen LogP contribution in [0.5, 0.6) is 5.75 Å². The van der Waals surface area contributed by atoms with Crippen molar-refractivity contribution in [1.82, 2.24) is 5.32 Å². The maximum absolute atomic E-state index is 13.4. The second-order valence-corrected chi connectivity index (χ2v) is 4.68. The number of hydrogen-bond donors (Lipinski definition) is 2. The molecule has 0 saturated heterocycles. The van der Waals surface area contributed by atoms with Crippen molar-refractivity contribution in [3.63, 3.8) is 0 Å². The zero-order chi connectivity index (χ0) is 14.3. The van der Waals surface area contributed by atoms with E-state index in [0.29, 0.717) is 19.1 Å². The number of nitrogens with one attached hydrogen (secondary N) is 1. The molecule has 0 bridgehead atoms. The lowest BCUT2D eigenvalue weighted by Crippen LogP contribution is -2.28. The Bertz CT molecular complexity index is 401. The predicted octanol–water partition coefficient (Wildman–Crippen LogP) is 2.32. The molecule has 0 radical (unpaired) electrons. The molecule has 0 unspecified atom stereocenters. The summed E-state index contributed by atoms with van der Waals surface area (Å²) in [5.74, 6) is -1.16. The van der Waals surface area contributed by atoms with Crippen LogP contribution in [0.15, 0.2) is 18.2 Å². The molecule has 0 saturated carbocycles. The molecule has 1 amide bonds. The summed E-state index contributed by atoms with van der Waals surface area (Å²) in [6, 6.07) is 3.75. The Morgan fingerprint density at radius 3 is 2.79 bits per heavy atom. The van der Waals surface area contributed by atoms with Gasteiger partial charge in [-0.25, -0.2) is 4.39 Å². The highest BCUT2D eigenvalue weighted by molar-refractivity contribution is 5.97. The fourth-order valence-electron chi connectivity index (χ4n) is 1.48. The van der Waals surface area contributed by atoms with Crippen molar-refractivity contribution in [1.29, 1.82) is 0 Å². The number of rotatable bonds is 7. The van der Waals surface area contributed by atoms with E-state index >= 15 is 0 Å². The molecule has 1 aromatic carbocycles. The summed E-state index contributed by atoms with van der Waals surface area (Å²) in [6.07, 6.45) is 0.960. The van der Waals surface area contributed by atoms with Gasteiger partial charge in [0.15, 0.2) is 0 Å². The van der Waals surface area contributed by atoms with Gasteiger partial charge >= 0.3 is 0 Å². The first-order valence-electron chi connectivity index (χ1n) is 6.35. The molecule has 0 aliphatic rings. The summed E-state index contributed by atoms with van der Waals surface area (Å²) in [5.41, 5.74) is -0.329. The van der Waals surface area contributed by atoms with Gasteiger partial charge in [-0.15, -0.1) is 0 Å². The average Bonchev–Trinajstić information content (AvgIpc) is 2.33. The Morgan fingerprint density at radius 2 is 2.16 bits per heavy atom. The molecule has 1 aromatic rings. The van der Waals surface area contributed by atoms with Crippen LogP contribution in [0.1, 0.15) is 30.6 Å². The maximum Gasteiger partial charge on any atom is 0.258 e. The maximum atomic E-state index is 13.4. The second-order valence-electron chi connectivity index (χ2n) is 4.68. The number of carbonyl (C=O) groups is 1. The van der Waals surface area contributed by atoms with E-state index in [2.05, 4.69) is 19.2 Å². The van der Waals surface area contributed by atoms with E-state index in [9.17, 15) is 14.3 Å². The molecular weight excluding hydrogens is 249 g/mol.